The molecule has 0 bridgehead atoms. The van der Waals surface area contributed by atoms with Crippen molar-refractivity contribution in [1.29, 1.82) is 0 Å². The zero-order valence-electron chi connectivity index (χ0n) is 9.14. The van der Waals surface area contributed by atoms with E-state index in [1.807, 2.05) is 30.3 Å². The highest BCUT2D eigenvalue weighted by Gasteiger charge is 1.96. The fourth-order valence-corrected chi connectivity index (χ4v) is 1.39. The van der Waals surface area contributed by atoms with Gasteiger partial charge in [-0.2, -0.15) is 0 Å². The summed E-state index contributed by atoms with van der Waals surface area (Å²) in [5, 5.41) is 11.1. The van der Waals surface area contributed by atoms with Crippen LogP contribution in [0.5, 0.6) is 5.88 Å². The van der Waals surface area contributed by atoms with Crippen LogP contribution in [0.25, 0.3) is 0 Å². The van der Waals surface area contributed by atoms with E-state index in [0.29, 0.717) is 24.2 Å². The standard InChI is InChI=1S/C12H12ClN3O/c13-11-6-7-12(16-15-11)17-9-8-14-10-4-2-1-3-5-10/h1-7,14H,8-9H2. The van der Waals surface area contributed by atoms with Crippen LogP contribution in [0.4, 0.5) is 5.69 Å². The van der Waals surface area contributed by atoms with Crippen molar-refractivity contribution < 1.29 is 4.74 Å². The van der Waals surface area contributed by atoms with Crippen molar-refractivity contribution in [3.8, 4) is 5.88 Å². The minimum Gasteiger partial charge on any atom is -0.475 e. The van der Waals surface area contributed by atoms with Crippen LogP contribution in [0, 0.1) is 0 Å². The number of ether oxygens (including phenoxy) is 1. The third-order valence-electron chi connectivity index (χ3n) is 2.06. The van der Waals surface area contributed by atoms with Crippen LogP contribution in [-0.2, 0) is 0 Å². The maximum Gasteiger partial charge on any atom is 0.233 e. The van der Waals surface area contributed by atoms with E-state index in [-0.39, 0.29) is 0 Å². The first-order valence-corrected chi connectivity index (χ1v) is 5.63. The molecule has 0 atom stereocenters. The average molecular weight is 250 g/mol. The lowest BCUT2D eigenvalue weighted by Gasteiger charge is -2.07. The predicted molar refractivity (Wildman–Crippen MR) is 67.5 cm³/mol. The Kier molecular flexibility index (Phi) is 4.16. The normalized spacial score (nSPS) is 9.94. The van der Waals surface area contributed by atoms with Gasteiger partial charge in [0.05, 0.1) is 0 Å². The Balaban J connectivity index is 1.71. The quantitative estimate of drug-likeness (QED) is 0.828. The topological polar surface area (TPSA) is 47.0 Å². The third kappa shape index (κ3) is 3.92. The van der Waals surface area contributed by atoms with Gasteiger partial charge in [0.1, 0.15) is 6.61 Å². The smallest absolute Gasteiger partial charge is 0.233 e. The monoisotopic (exact) mass is 249 g/mol. The number of rotatable bonds is 5. The van der Waals surface area contributed by atoms with Gasteiger partial charge in [-0.1, -0.05) is 29.8 Å². The van der Waals surface area contributed by atoms with Crippen LogP contribution in [0.15, 0.2) is 42.5 Å². The largest absolute Gasteiger partial charge is 0.475 e. The van der Waals surface area contributed by atoms with Crippen molar-refractivity contribution in [1.82, 2.24) is 10.2 Å². The van der Waals surface area contributed by atoms with Crippen LogP contribution in [0.2, 0.25) is 5.15 Å². The minimum absolute atomic E-state index is 0.361. The van der Waals surface area contributed by atoms with Crippen LogP contribution in [0.1, 0.15) is 0 Å². The van der Waals surface area contributed by atoms with Gasteiger partial charge >= 0.3 is 0 Å². The van der Waals surface area contributed by atoms with Crippen molar-refractivity contribution in [2.24, 2.45) is 0 Å². The highest BCUT2D eigenvalue weighted by molar-refractivity contribution is 6.29. The zero-order valence-corrected chi connectivity index (χ0v) is 9.89. The van der Waals surface area contributed by atoms with Gasteiger partial charge in [-0.25, -0.2) is 0 Å². The Labute approximate surface area is 105 Å². The van der Waals surface area contributed by atoms with E-state index >= 15 is 0 Å². The highest BCUT2D eigenvalue weighted by Crippen LogP contribution is 2.08. The van der Waals surface area contributed by atoms with Crippen molar-refractivity contribution in [2.75, 3.05) is 18.5 Å². The maximum atomic E-state index is 5.61. The molecule has 5 heteroatoms. The fourth-order valence-electron chi connectivity index (χ4n) is 1.29. The lowest BCUT2D eigenvalue weighted by molar-refractivity contribution is 0.316. The Hall–Kier alpha value is -1.81. The molecular formula is C12H12ClN3O. The first kappa shape index (κ1) is 11.7. The molecule has 1 heterocycles. The zero-order chi connectivity index (χ0) is 11.9. The van der Waals surface area contributed by atoms with Crippen molar-refractivity contribution in [3.05, 3.63) is 47.6 Å². The maximum absolute atomic E-state index is 5.61. The molecule has 1 aromatic heterocycles. The fraction of sp³-hybridized carbons (Fsp3) is 0.167. The SMILES string of the molecule is Clc1ccc(OCCNc2ccccc2)nn1. The minimum atomic E-state index is 0.361. The van der Waals surface area contributed by atoms with E-state index in [2.05, 4.69) is 15.5 Å². The summed E-state index contributed by atoms with van der Waals surface area (Å²) in [7, 11) is 0. The molecule has 88 valence electrons. The number of nitrogens with one attached hydrogen (secondary N) is 1. The summed E-state index contributed by atoms with van der Waals surface area (Å²) < 4.78 is 5.39. The molecule has 0 aliphatic carbocycles. The second-order valence-electron chi connectivity index (χ2n) is 3.34. The molecule has 0 radical (unpaired) electrons. The highest BCUT2D eigenvalue weighted by atomic mass is 35.5. The first-order chi connectivity index (χ1) is 8.34. The van der Waals surface area contributed by atoms with Crippen molar-refractivity contribution in [3.63, 3.8) is 0 Å². The lowest BCUT2D eigenvalue weighted by atomic mass is 10.3. The number of benzene rings is 1. The second-order valence-corrected chi connectivity index (χ2v) is 3.72. The van der Waals surface area contributed by atoms with E-state index < -0.39 is 0 Å². The van der Waals surface area contributed by atoms with Gasteiger partial charge in [-0.15, -0.1) is 10.2 Å². The first-order valence-electron chi connectivity index (χ1n) is 5.25. The molecule has 2 aromatic rings. The van der Waals surface area contributed by atoms with Crippen LogP contribution < -0.4 is 10.1 Å². The third-order valence-corrected chi connectivity index (χ3v) is 2.26. The summed E-state index contributed by atoms with van der Waals surface area (Å²) in [4.78, 5) is 0. The van der Waals surface area contributed by atoms with Gasteiger partial charge in [0.15, 0.2) is 5.15 Å². The van der Waals surface area contributed by atoms with Gasteiger partial charge in [-0.05, 0) is 18.2 Å². The van der Waals surface area contributed by atoms with Crippen molar-refractivity contribution >= 4 is 17.3 Å². The molecule has 4 nitrogen and oxygen atoms in total. The van der Waals surface area contributed by atoms with Gasteiger partial charge in [0, 0.05) is 18.3 Å². The Morgan fingerprint density at radius 2 is 1.88 bits per heavy atom. The molecule has 0 saturated carbocycles. The van der Waals surface area contributed by atoms with E-state index in [4.69, 9.17) is 16.3 Å². The number of anilines is 1. The van der Waals surface area contributed by atoms with Gasteiger partial charge in [0.25, 0.3) is 0 Å². The number of aromatic nitrogens is 2. The van der Waals surface area contributed by atoms with Gasteiger partial charge in [-0.3, -0.25) is 0 Å². The van der Waals surface area contributed by atoms with E-state index in [1.165, 1.54) is 0 Å². The molecule has 0 amide bonds. The van der Waals surface area contributed by atoms with E-state index in [1.54, 1.807) is 12.1 Å². The molecule has 1 aromatic carbocycles. The average Bonchev–Trinajstić information content (AvgIpc) is 2.38. The number of hydrogen-bond donors (Lipinski definition) is 1. The Bertz CT molecular complexity index is 447. The summed E-state index contributed by atoms with van der Waals surface area (Å²) in [6.07, 6.45) is 0. The molecule has 17 heavy (non-hydrogen) atoms. The molecule has 0 aliphatic heterocycles. The van der Waals surface area contributed by atoms with Gasteiger partial charge in [0.2, 0.25) is 5.88 Å². The number of nitrogens with zero attached hydrogens (tertiary/aromatic N) is 2. The molecule has 0 unspecified atom stereocenters. The summed E-state index contributed by atoms with van der Waals surface area (Å²) in [6.45, 7) is 1.22. The second kappa shape index (κ2) is 6.06. The molecule has 0 aliphatic rings. The summed E-state index contributed by atoms with van der Waals surface area (Å²) in [5.41, 5.74) is 1.07. The summed E-state index contributed by atoms with van der Waals surface area (Å²) >= 11 is 5.61. The summed E-state index contributed by atoms with van der Waals surface area (Å²) in [5.74, 6) is 0.476. The number of para-hydroxylation sites is 1. The predicted octanol–water partition coefficient (Wildman–Crippen LogP) is 2.62. The molecule has 0 fully saturated rings. The van der Waals surface area contributed by atoms with E-state index in [9.17, 15) is 0 Å². The molecule has 0 spiro atoms. The number of halogens is 1. The molecule has 2 rings (SSSR count). The van der Waals surface area contributed by atoms with Crippen LogP contribution in [-0.4, -0.2) is 23.3 Å². The van der Waals surface area contributed by atoms with E-state index in [0.717, 1.165) is 5.69 Å². The molecular weight excluding hydrogens is 238 g/mol. The van der Waals surface area contributed by atoms with Crippen molar-refractivity contribution in [2.45, 2.75) is 0 Å². The van der Waals surface area contributed by atoms with Gasteiger partial charge < -0.3 is 10.1 Å². The lowest BCUT2D eigenvalue weighted by Crippen LogP contribution is -2.12. The summed E-state index contributed by atoms with van der Waals surface area (Å²) in [6, 6.07) is 13.3. The Morgan fingerprint density at radius 3 is 2.59 bits per heavy atom. The molecule has 1 N–H and O–H groups in total. The Morgan fingerprint density at radius 1 is 1.06 bits per heavy atom. The van der Waals surface area contributed by atoms with Crippen LogP contribution in [0.3, 0.4) is 0 Å². The molecule has 0 saturated heterocycles. The van der Waals surface area contributed by atoms with Crippen LogP contribution >= 0.6 is 11.6 Å². The number of hydrogen-bond acceptors (Lipinski definition) is 4.